The highest BCUT2D eigenvalue weighted by Crippen LogP contribution is 2.25. The molecule has 2 nitrogen and oxygen atoms in total. The fourth-order valence-electron chi connectivity index (χ4n) is 5.14. The summed E-state index contributed by atoms with van der Waals surface area (Å²) >= 11 is 0. The van der Waals surface area contributed by atoms with E-state index in [4.69, 9.17) is 4.74 Å². The first-order chi connectivity index (χ1) is 17.0. The Bertz CT molecular complexity index is 630. The molecule has 0 saturated heterocycles. The van der Waals surface area contributed by atoms with Crippen LogP contribution in [0.15, 0.2) is 18.2 Å². The summed E-state index contributed by atoms with van der Waals surface area (Å²) < 4.78 is 5.92. The van der Waals surface area contributed by atoms with Gasteiger partial charge in [-0.25, -0.2) is 0 Å². The van der Waals surface area contributed by atoms with Crippen LogP contribution in [0, 0.1) is 19.8 Å². The molecule has 0 spiro atoms. The minimum atomic E-state index is -0.193. The average Bonchev–Trinajstić information content (AvgIpc) is 2.86. The number of hydrogen-bond donors (Lipinski definition) is 0. The van der Waals surface area contributed by atoms with E-state index in [2.05, 4.69) is 45.9 Å². The van der Waals surface area contributed by atoms with Crippen LogP contribution in [-0.2, 0) is 9.53 Å². The summed E-state index contributed by atoms with van der Waals surface area (Å²) in [7, 11) is 0. The summed E-state index contributed by atoms with van der Waals surface area (Å²) in [4.78, 5) is 12.9. The van der Waals surface area contributed by atoms with E-state index in [-0.39, 0.29) is 11.9 Å². The van der Waals surface area contributed by atoms with Crippen LogP contribution in [0.5, 0.6) is 0 Å². The molecule has 1 rings (SSSR count). The number of carbonyl (C=O) groups is 1. The van der Waals surface area contributed by atoms with Crippen LogP contribution in [0.1, 0.15) is 159 Å². The van der Waals surface area contributed by atoms with Gasteiger partial charge in [-0.2, -0.15) is 0 Å². The quantitative estimate of drug-likeness (QED) is 0.120. The number of rotatable bonds is 22. The van der Waals surface area contributed by atoms with Crippen molar-refractivity contribution in [1.82, 2.24) is 0 Å². The van der Waals surface area contributed by atoms with Crippen LogP contribution in [0.2, 0.25) is 0 Å². The van der Waals surface area contributed by atoms with Gasteiger partial charge in [-0.1, -0.05) is 135 Å². The standard InChI is InChI=1S/C33H58O2/c1-6-8-10-12-14-16-18-20-24-31(25-21-19-17-15-13-11-9-7-2)27-35-33(34)30(5)32-26-22-23-28(3)29(32)4/h22-23,26,30-31H,6-21,24-25,27H2,1-5H3. The monoisotopic (exact) mass is 486 g/mol. The topological polar surface area (TPSA) is 26.3 Å². The second kappa shape index (κ2) is 20.8. The van der Waals surface area contributed by atoms with Crippen LogP contribution in [0.3, 0.4) is 0 Å². The third-order valence-electron chi connectivity index (χ3n) is 7.86. The molecule has 0 aliphatic carbocycles. The molecule has 0 heterocycles. The maximum atomic E-state index is 12.9. The predicted octanol–water partition coefficient (Wildman–Crippen LogP) is 10.6. The first kappa shape index (κ1) is 31.7. The molecule has 0 fully saturated rings. The Morgan fingerprint density at radius 1 is 0.714 bits per heavy atom. The molecule has 1 aromatic rings. The van der Waals surface area contributed by atoms with Gasteiger partial charge in [0.15, 0.2) is 0 Å². The lowest BCUT2D eigenvalue weighted by molar-refractivity contribution is -0.146. The van der Waals surface area contributed by atoms with Crippen molar-refractivity contribution in [3.63, 3.8) is 0 Å². The molecule has 0 bridgehead atoms. The maximum Gasteiger partial charge on any atom is 0.313 e. The van der Waals surface area contributed by atoms with Gasteiger partial charge in [0.25, 0.3) is 0 Å². The van der Waals surface area contributed by atoms with E-state index >= 15 is 0 Å². The molecule has 1 unspecified atom stereocenters. The van der Waals surface area contributed by atoms with E-state index < -0.39 is 0 Å². The summed E-state index contributed by atoms with van der Waals surface area (Å²) in [6, 6.07) is 6.24. The first-order valence-corrected chi connectivity index (χ1v) is 15.2. The Hall–Kier alpha value is -1.31. The van der Waals surface area contributed by atoms with Gasteiger partial charge in [0.2, 0.25) is 0 Å². The second-order valence-corrected chi connectivity index (χ2v) is 11.0. The molecule has 0 saturated carbocycles. The van der Waals surface area contributed by atoms with E-state index in [1.54, 1.807) is 0 Å². The number of carbonyl (C=O) groups excluding carboxylic acids is 1. The van der Waals surface area contributed by atoms with Crippen molar-refractivity contribution in [3.8, 4) is 0 Å². The van der Waals surface area contributed by atoms with E-state index in [0.29, 0.717) is 12.5 Å². The van der Waals surface area contributed by atoms with Gasteiger partial charge in [0.1, 0.15) is 0 Å². The van der Waals surface area contributed by atoms with Crippen molar-refractivity contribution in [2.75, 3.05) is 6.61 Å². The molecule has 1 aromatic carbocycles. The number of hydrogen-bond acceptors (Lipinski definition) is 2. The normalized spacial score (nSPS) is 12.3. The summed E-state index contributed by atoms with van der Waals surface area (Å²) in [6.45, 7) is 11.4. The number of ether oxygens (including phenoxy) is 1. The van der Waals surface area contributed by atoms with Crippen LogP contribution in [0.25, 0.3) is 0 Å². The van der Waals surface area contributed by atoms with E-state index in [1.807, 2.05) is 6.92 Å². The number of unbranched alkanes of at least 4 members (excludes halogenated alkanes) is 14. The van der Waals surface area contributed by atoms with Gasteiger partial charge < -0.3 is 4.74 Å². The Balaban J connectivity index is 2.43. The SMILES string of the molecule is CCCCCCCCCCC(CCCCCCCCCC)COC(=O)C(C)c1cccc(C)c1C. The zero-order chi connectivity index (χ0) is 25.7. The van der Waals surface area contributed by atoms with Crippen molar-refractivity contribution in [2.45, 2.75) is 156 Å². The molecular weight excluding hydrogens is 428 g/mol. The van der Waals surface area contributed by atoms with Gasteiger partial charge in [0, 0.05) is 0 Å². The Morgan fingerprint density at radius 2 is 1.17 bits per heavy atom. The molecule has 0 aromatic heterocycles. The number of benzene rings is 1. The van der Waals surface area contributed by atoms with Crippen molar-refractivity contribution in [3.05, 3.63) is 34.9 Å². The van der Waals surface area contributed by atoms with Crippen molar-refractivity contribution in [2.24, 2.45) is 5.92 Å². The predicted molar refractivity (Wildman–Crippen MR) is 153 cm³/mol. The second-order valence-electron chi connectivity index (χ2n) is 11.0. The highest BCUT2D eigenvalue weighted by Gasteiger charge is 2.21. The molecule has 35 heavy (non-hydrogen) atoms. The van der Waals surface area contributed by atoms with Gasteiger partial charge >= 0.3 is 5.97 Å². The Kier molecular flexibility index (Phi) is 18.9. The van der Waals surface area contributed by atoms with Gasteiger partial charge in [-0.15, -0.1) is 0 Å². The van der Waals surface area contributed by atoms with Crippen LogP contribution in [0.4, 0.5) is 0 Å². The molecule has 0 radical (unpaired) electrons. The third kappa shape index (κ3) is 14.7. The molecule has 0 aliphatic heterocycles. The van der Waals surface area contributed by atoms with E-state index in [1.165, 1.54) is 127 Å². The van der Waals surface area contributed by atoms with E-state index in [9.17, 15) is 4.79 Å². The smallest absolute Gasteiger partial charge is 0.313 e. The fraction of sp³-hybridized carbons (Fsp3) is 0.788. The first-order valence-electron chi connectivity index (χ1n) is 15.2. The molecule has 0 N–H and O–H groups in total. The maximum absolute atomic E-state index is 12.9. The summed E-state index contributed by atoms with van der Waals surface area (Å²) in [6.07, 6.45) is 24.1. The minimum Gasteiger partial charge on any atom is -0.465 e. The van der Waals surface area contributed by atoms with Crippen LogP contribution in [-0.4, -0.2) is 12.6 Å². The molecule has 0 aliphatic rings. The summed E-state index contributed by atoms with van der Waals surface area (Å²) in [5.41, 5.74) is 3.56. The molecular formula is C33H58O2. The van der Waals surface area contributed by atoms with Gasteiger partial charge in [0.05, 0.1) is 12.5 Å². The summed E-state index contributed by atoms with van der Waals surface area (Å²) in [5.74, 6) is 0.266. The van der Waals surface area contributed by atoms with Gasteiger partial charge in [-0.05, 0) is 56.2 Å². The lowest BCUT2D eigenvalue weighted by Gasteiger charge is -2.20. The minimum absolute atomic E-state index is 0.0597. The molecule has 202 valence electrons. The lowest BCUT2D eigenvalue weighted by atomic mass is 9.93. The Labute approximate surface area is 219 Å². The largest absolute Gasteiger partial charge is 0.465 e. The lowest BCUT2D eigenvalue weighted by Crippen LogP contribution is -2.19. The van der Waals surface area contributed by atoms with Crippen LogP contribution >= 0.6 is 0 Å². The molecule has 0 amide bonds. The third-order valence-corrected chi connectivity index (χ3v) is 7.86. The number of esters is 1. The fourth-order valence-corrected chi connectivity index (χ4v) is 5.14. The average molecular weight is 487 g/mol. The van der Waals surface area contributed by atoms with Crippen molar-refractivity contribution < 1.29 is 9.53 Å². The van der Waals surface area contributed by atoms with E-state index in [0.717, 1.165) is 5.56 Å². The van der Waals surface area contributed by atoms with Crippen LogP contribution < -0.4 is 0 Å². The zero-order valence-electron chi connectivity index (χ0n) is 24.1. The molecule has 1 atom stereocenters. The molecule has 2 heteroatoms. The van der Waals surface area contributed by atoms with Crippen molar-refractivity contribution in [1.29, 1.82) is 0 Å². The highest BCUT2D eigenvalue weighted by molar-refractivity contribution is 5.78. The number of aryl methyl sites for hydroxylation is 1. The highest BCUT2D eigenvalue weighted by atomic mass is 16.5. The Morgan fingerprint density at radius 3 is 1.66 bits per heavy atom. The summed E-state index contributed by atoms with van der Waals surface area (Å²) in [5, 5.41) is 0. The van der Waals surface area contributed by atoms with Crippen molar-refractivity contribution >= 4 is 5.97 Å². The van der Waals surface area contributed by atoms with Gasteiger partial charge in [-0.3, -0.25) is 4.79 Å². The zero-order valence-corrected chi connectivity index (χ0v) is 24.1.